The first kappa shape index (κ1) is 16.9. The molecule has 1 heterocycles. The van der Waals surface area contributed by atoms with E-state index < -0.39 is 0 Å². The molecule has 7 unspecified atom stereocenters. The van der Waals surface area contributed by atoms with Crippen molar-refractivity contribution in [1.82, 2.24) is 5.32 Å². The number of amides is 1. The highest BCUT2D eigenvalue weighted by Gasteiger charge is 2.60. The smallest absolute Gasteiger partial charge is 0.220 e. The monoisotopic (exact) mass is 332 g/mol. The van der Waals surface area contributed by atoms with Crippen LogP contribution in [0.15, 0.2) is 0 Å². The number of nitrogens with two attached hydrogens (primary N) is 1. The summed E-state index contributed by atoms with van der Waals surface area (Å²) in [5, 5.41) is 3.34. The number of piperidine rings is 1. The molecule has 3 aliphatic carbocycles. The van der Waals surface area contributed by atoms with Gasteiger partial charge >= 0.3 is 0 Å². The van der Waals surface area contributed by atoms with Gasteiger partial charge in [-0.3, -0.25) is 4.79 Å². The summed E-state index contributed by atoms with van der Waals surface area (Å²) in [6.07, 6.45) is 9.93. The second-order valence-electron chi connectivity index (χ2n) is 10.0. The molecule has 0 aromatic rings. The predicted molar refractivity (Wildman–Crippen MR) is 97.3 cm³/mol. The van der Waals surface area contributed by atoms with Crippen molar-refractivity contribution in [3.05, 3.63) is 0 Å². The summed E-state index contributed by atoms with van der Waals surface area (Å²) in [4.78, 5) is 11.9. The standard InChI is InChI=1S/C21H36N2O/c1-13(12-22)15-5-6-16-14-4-7-18-21(3,11-9-19(24)23-18)17(14)8-10-20(15,16)2/h13-18H,4-12,22H2,1-3H3,(H,23,24)/t13?,14?,15?,16?,17?,18-,20?,21?/m1/s1. The van der Waals surface area contributed by atoms with E-state index in [1.165, 1.54) is 38.5 Å². The first-order valence-electron chi connectivity index (χ1n) is 10.4. The minimum atomic E-state index is 0.286. The molecule has 3 saturated carbocycles. The zero-order valence-corrected chi connectivity index (χ0v) is 15.8. The average molecular weight is 333 g/mol. The van der Waals surface area contributed by atoms with Crippen LogP contribution >= 0.6 is 0 Å². The van der Waals surface area contributed by atoms with Crippen molar-refractivity contribution in [3.8, 4) is 0 Å². The Kier molecular flexibility index (Phi) is 4.02. The summed E-state index contributed by atoms with van der Waals surface area (Å²) < 4.78 is 0. The van der Waals surface area contributed by atoms with Gasteiger partial charge in [-0.05, 0) is 91.9 Å². The van der Waals surface area contributed by atoms with Crippen LogP contribution in [0.25, 0.3) is 0 Å². The Hall–Kier alpha value is -0.570. The maximum Gasteiger partial charge on any atom is 0.220 e. The summed E-state index contributed by atoms with van der Waals surface area (Å²) in [5.41, 5.74) is 6.90. The van der Waals surface area contributed by atoms with Gasteiger partial charge in [-0.15, -0.1) is 0 Å². The van der Waals surface area contributed by atoms with Gasteiger partial charge in [0, 0.05) is 12.5 Å². The van der Waals surface area contributed by atoms with Crippen LogP contribution in [0.1, 0.15) is 72.1 Å². The van der Waals surface area contributed by atoms with Gasteiger partial charge in [0.1, 0.15) is 0 Å². The van der Waals surface area contributed by atoms with Crippen molar-refractivity contribution in [1.29, 1.82) is 0 Å². The fraction of sp³-hybridized carbons (Fsp3) is 0.952. The van der Waals surface area contributed by atoms with E-state index in [1.807, 2.05) is 0 Å². The number of hydrogen-bond donors (Lipinski definition) is 2. The van der Waals surface area contributed by atoms with Crippen LogP contribution in [0.2, 0.25) is 0 Å². The van der Waals surface area contributed by atoms with E-state index in [-0.39, 0.29) is 5.91 Å². The molecule has 136 valence electrons. The number of fused-ring (bicyclic) bond motifs is 5. The third-order valence-corrected chi connectivity index (χ3v) is 9.23. The molecule has 0 aromatic carbocycles. The Morgan fingerprint density at radius 1 is 1.08 bits per heavy atom. The lowest BCUT2D eigenvalue weighted by molar-refractivity contribution is -0.137. The van der Waals surface area contributed by atoms with Crippen LogP contribution in [0.5, 0.6) is 0 Å². The highest BCUT2D eigenvalue weighted by Crippen LogP contribution is 2.66. The molecule has 0 aromatic heterocycles. The van der Waals surface area contributed by atoms with Crippen LogP contribution in [0.4, 0.5) is 0 Å². The second kappa shape index (κ2) is 5.72. The Morgan fingerprint density at radius 2 is 1.83 bits per heavy atom. The van der Waals surface area contributed by atoms with Crippen molar-refractivity contribution in [3.63, 3.8) is 0 Å². The molecule has 24 heavy (non-hydrogen) atoms. The first-order chi connectivity index (χ1) is 11.4. The van der Waals surface area contributed by atoms with E-state index in [0.717, 1.165) is 43.1 Å². The van der Waals surface area contributed by atoms with Crippen LogP contribution in [-0.4, -0.2) is 18.5 Å². The summed E-state index contributed by atoms with van der Waals surface area (Å²) in [5.74, 6) is 4.37. The van der Waals surface area contributed by atoms with Gasteiger partial charge in [0.15, 0.2) is 0 Å². The van der Waals surface area contributed by atoms with E-state index in [0.29, 0.717) is 22.8 Å². The number of hydrogen-bond acceptors (Lipinski definition) is 2. The molecular formula is C21H36N2O. The zero-order valence-electron chi connectivity index (χ0n) is 15.8. The number of nitrogens with one attached hydrogen (secondary N) is 1. The molecular weight excluding hydrogens is 296 g/mol. The van der Waals surface area contributed by atoms with Crippen LogP contribution in [0, 0.1) is 40.4 Å². The normalized spacial score (nSPS) is 52.0. The molecule has 1 amide bonds. The largest absolute Gasteiger partial charge is 0.353 e. The van der Waals surface area contributed by atoms with Crippen molar-refractivity contribution < 1.29 is 4.79 Å². The van der Waals surface area contributed by atoms with Crippen molar-refractivity contribution in [2.45, 2.75) is 78.2 Å². The molecule has 1 saturated heterocycles. The minimum Gasteiger partial charge on any atom is -0.353 e. The molecule has 0 bridgehead atoms. The van der Waals surface area contributed by atoms with Gasteiger partial charge in [-0.1, -0.05) is 20.8 Å². The number of rotatable bonds is 2. The highest BCUT2D eigenvalue weighted by atomic mass is 16.1. The summed E-state index contributed by atoms with van der Waals surface area (Å²) in [7, 11) is 0. The lowest BCUT2D eigenvalue weighted by atomic mass is 9.46. The van der Waals surface area contributed by atoms with E-state index in [1.54, 1.807) is 0 Å². The third kappa shape index (κ3) is 2.22. The van der Waals surface area contributed by atoms with Gasteiger partial charge in [0.05, 0.1) is 0 Å². The Labute approximate surface area is 147 Å². The molecule has 0 spiro atoms. The molecule has 4 aliphatic rings. The molecule has 3 N–H and O–H groups in total. The van der Waals surface area contributed by atoms with Gasteiger partial charge in [-0.2, -0.15) is 0 Å². The number of carbonyl (C=O) groups excluding carboxylic acids is 1. The number of carbonyl (C=O) groups is 1. The summed E-state index contributed by atoms with van der Waals surface area (Å²) in [6.45, 7) is 8.30. The topological polar surface area (TPSA) is 55.1 Å². The maximum absolute atomic E-state index is 11.9. The van der Waals surface area contributed by atoms with Gasteiger partial charge in [0.2, 0.25) is 5.91 Å². The van der Waals surface area contributed by atoms with Crippen LogP contribution < -0.4 is 11.1 Å². The maximum atomic E-state index is 11.9. The molecule has 1 aliphatic heterocycles. The molecule has 8 atom stereocenters. The Morgan fingerprint density at radius 3 is 2.58 bits per heavy atom. The average Bonchev–Trinajstić information content (AvgIpc) is 2.92. The quantitative estimate of drug-likeness (QED) is 0.810. The third-order valence-electron chi connectivity index (χ3n) is 9.23. The predicted octanol–water partition coefficient (Wildman–Crippen LogP) is 3.72. The first-order valence-corrected chi connectivity index (χ1v) is 10.4. The van der Waals surface area contributed by atoms with Gasteiger partial charge < -0.3 is 11.1 Å². The lowest BCUT2D eigenvalue weighted by Crippen LogP contribution is -2.61. The fourth-order valence-corrected chi connectivity index (χ4v) is 7.84. The van der Waals surface area contributed by atoms with Crippen LogP contribution in [0.3, 0.4) is 0 Å². The molecule has 0 radical (unpaired) electrons. The van der Waals surface area contributed by atoms with Gasteiger partial charge in [0.25, 0.3) is 0 Å². The van der Waals surface area contributed by atoms with E-state index in [9.17, 15) is 4.79 Å². The SMILES string of the molecule is CC(CN)C1CCC2C3CC[C@H]4NC(=O)CCC4(C)C3CCC12C. The Balaban J connectivity index is 1.60. The summed E-state index contributed by atoms with van der Waals surface area (Å²) in [6, 6.07) is 0.435. The summed E-state index contributed by atoms with van der Waals surface area (Å²) >= 11 is 0. The van der Waals surface area contributed by atoms with Crippen molar-refractivity contribution in [2.75, 3.05) is 6.54 Å². The van der Waals surface area contributed by atoms with E-state index >= 15 is 0 Å². The van der Waals surface area contributed by atoms with Gasteiger partial charge in [-0.25, -0.2) is 0 Å². The minimum absolute atomic E-state index is 0.286. The lowest BCUT2D eigenvalue weighted by Gasteiger charge is -2.60. The molecule has 3 nitrogen and oxygen atoms in total. The second-order valence-corrected chi connectivity index (χ2v) is 10.0. The van der Waals surface area contributed by atoms with Crippen molar-refractivity contribution >= 4 is 5.91 Å². The molecule has 4 rings (SSSR count). The van der Waals surface area contributed by atoms with Crippen LogP contribution in [-0.2, 0) is 4.79 Å². The highest BCUT2D eigenvalue weighted by molar-refractivity contribution is 5.77. The fourth-order valence-electron chi connectivity index (χ4n) is 7.84. The molecule has 4 fully saturated rings. The molecule has 3 heteroatoms. The van der Waals surface area contributed by atoms with Crippen molar-refractivity contribution in [2.24, 2.45) is 46.2 Å². The zero-order chi connectivity index (χ0) is 17.1. The van der Waals surface area contributed by atoms with E-state index in [4.69, 9.17) is 5.73 Å². The van der Waals surface area contributed by atoms with E-state index in [2.05, 4.69) is 26.1 Å². The Bertz CT molecular complexity index is 520.